The summed E-state index contributed by atoms with van der Waals surface area (Å²) in [4.78, 5) is 16.5. The maximum atomic E-state index is 12.1. The zero-order valence-corrected chi connectivity index (χ0v) is 12.8. The number of hydrogen-bond donors (Lipinski definition) is 0. The van der Waals surface area contributed by atoms with Gasteiger partial charge in [0.05, 0.1) is 17.6 Å². The summed E-state index contributed by atoms with van der Waals surface area (Å²) in [7, 11) is 0. The quantitative estimate of drug-likeness (QED) is 0.544. The first kappa shape index (κ1) is 14.3. The number of hydrogen-bond acceptors (Lipinski definition) is 3. The molecule has 0 saturated carbocycles. The van der Waals surface area contributed by atoms with E-state index in [1.807, 2.05) is 41.7 Å². The Hall–Kier alpha value is -2.62. The van der Waals surface area contributed by atoms with Crippen LogP contribution < -0.4 is 0 Å². The SMILES string of the molecule is C=CCc1cccc2c1ccc1c(C(=O)OCC)nc(C)n12. The van der Waals surface area contributed by atoms with Gasteiger partial charge in [-0.25, -0.2) is 9.78 Å². The molecule has 1 aromatic carbocycles. The standard InChI is InChI=1S/C18H18N2O2/c1-4-7-13-8-6-9-15-14(13)10-11-16-17(18(21)22-5-2)19-12(3)20(15)16/h4,6,8-11H,1,5,7H2,2-3H3. The Morgan fingerprint density at radius 1 is 1.32 bits per heavy atom. The van der Waals surface area contributed by atoms with Gasteiger partial charge in [-0.2, -0.15) is 0 Å². The number of imidazole rings is 1. The monoisotopic (exact) mass is 294 g/mol. The number of pyridine rings is 1. The molecule has 0 bridgehead atoms. The molecule has 0 fully saturated rings. The lowest BCUT2D eigenvalue weighted by Crippen LogP contribution is -2.05. The first-order valence-electron chi connectivity index (χ1n) is 7.35. The zero-order chi connectivity index (χ0) is 15.7. The number of nitrogens with zero attached hydrogens (tertiary/aromatic N) is 2. The summed E-state index contributed by atoms with van der Waals surface area (Å²) < 4.78 is 7.10. The van der Waals surface area contributed by atoms with Gasteiger partial charge in [-0.3, -0.25) is 4.40 Å². The number of aryl methyl sites for hydroxylation is 1. The number of ether oxygens (including phenoxy) is 1. The van der Waals surface area contributed by atoms with E-state index < -0.39 is 0 Å². The number of allylic oxidation sites excluding steroid dienone is 1. The summed E-state index contributed by atoms with van der Waals surface area (Å²) in [5.41, 5.74) is 3.40. The van der Waals surface area contributed by atoms with Gasteiger partial charge in [-0.05, 0) is 38.0 Å². The smallest absolute Gasteiger partial charge is 0.359 e. The fraction of sp³-hybridized carbons (Fsp3) is 0.222. The maximum absolute atomic E-state index is 12.1. The van der Waals surface area contributed by atoms with Crippen LogP contribution in [0.5, 0.6) is 0 Å². The van der Waals surface area contributed by atoms with E-state index in [1.165, 1.54) is 5.56 Å². The number of aromatic nitrogens is 2. The van der Waals surface area contributed by atoms with Gasteiger partial charge in [0, 0.05) is 5.39 Å². The van der Waals surface area contributed by atoms with E-state index in [1.54, 1.807) is 6.92 Å². The van der Waals surface area contributed by atoms with Crippen molar-refractivity contribution < 1.29 is 9.53 Å². The van der Waals surface area contributed by atoms with Crippen molar-refractivity contribution in [2.24, 2.45) is 0 Å². The molecule has 0 atom stereocenters. The van der Waals surface area contributed by atoms with Crippen LogP contribution in [0.25, 0.3) is 16.4 Å². The highest BCUT2D eigenvalue weighted by atomic mass is 16.5. The highest BCUT2D eigenvalue weighted by Crippen LogP contribution is 2.25. The predicted molar refractivity (Wildman–Crippen MR) is 87.3 cm³/mol. The molecular formula is C18H18N2O2. The van der Waals surface area contributed by atoms with Crippen LogP contribution in [0, 0.1) is 6.92 Å². The first-order valence-corrected chi connectivity index (χ1v) is 7.35. The molecule has 22 heavy (non-hydrogen) atoms. The van der Waals surface area contributed by atoms with E-state index in [0.717, 1.165) is 28.7 Å². The van der Waals surface area contributed by atoms with Crippen molar-refractivity contribution in [3.05, 3.63) is 60.1 Å². The largest absolute Gasteiger partial charge is 0.461 e. The third-order valence-corrected chi connectivity index (χ3v) is 3.74. The lowest BCUT2D eigenvalue weighted by Gasteiger charge is -2.08. The highest BCUT2D eigenvalue weighted by molar-refractivity contribution is 5.98. The van der Waals surface area contributed by atoms with Crippen molar-refractivity contribution in [3.63, 3.8) is 0 Å². The third kappa shape index (κ3) is 2.17. The summed E-state index contributed by atoms with van der Waals surface area (Å²) in [5, 5.41) is 1.14. The van der Waals surface area contributed by atoms with Gasteiger partial charge < -0.3 is 4.74 Å². The molecule has 0 aliphatic rings. The van der Waals surface area contributed by atoms with Crippen molar-refractivity contribution in [2.45, 2.75) is 20.3 Å². The minimum Gasteiger partial charge on any atom is -0.461 e. The predicted octanol–water partition coefficient (Wildman–Crippen LogP) is 3.70. The Labute approximate surface area is 129 Å². The molecule has 4 heteroatoms. The van der Waals surface area contributed by atoms with Gasteiger partial charge >= 0.3 is 5.97 Å². The van der Waals surface area contributed by atoms with E-state index in [-0.39, 0.29) is 5.97 Å². The molecule has 0 radical (unpaired) electrons. The lowest BCUT2D eigenvalue weighted by atomic mass is 10.0. The number of fused-ring (bicyclic) bond motifs is 3. The van der Waals surface area contributed by atoms with E-state index in [4.69, 9.17) is 4.74 Å². The molecule has 112 valence electrons. The summed E-state index contributed by atoms with van der Waals surface area (Å²) >= 11 is 0. The van der Waals surface area contributed by atoms with Crippen LogP contribution in [0.3, 0.4) is 0 Å². The molecule has 0 spiro atoms. The number of benzene rings is 1. The summed E-state index contributed by atoms with van der Waals surface area (Å²) in [6.45, 7) is 7.84. The second-order valence-corrected chi connectivity index (χ2v) is 5.12. The molecule has 0 aliphatic heterocycles. The molecule has 0 saturated heterocycles. The van der Waals surface area contributed by atoms with E-state index >= 15 is 0 Å². The summed E-state index contributed by atoms with van der Waals surface area (Å²) in [6.07, 6.45) is 2.70. The normalized spacial score (nSPS) is 11.0. The van der Waals surface area contributed by atoms with E-state index in [2.05, 4.69) is 17.6 Å². The average molecular weight is 294 g/mol. The van der Waals surface area contributed by atoms with Crippen LogP contribution in [0.15, 0.2) is 43.0 Å². The molecule has 4 nitrogen and oxygen atoms in total. The van der Waals surface area contributed by atoms with Crippen LogP contribution >= 0.6 is 0 Å². The Bertz CT molecular complexity index is 878. The van der Waals surface area contributed by atoms with Gasteiger partial charge in [0.15, 0.2) is 5.69 Å². The number of esters is 1. The topological polar surface area (TPSA) is 43.6 Å². The second kappa shape index (κ2) is 5.64. The summed E-state index contributed by atoms with van der Waals surface area (Å²) in [6, 6.07) is 10.1. The van der Waals surface area contributed by atoms with Crippen molar-refractivity contribution in [2.75, 3.05) is 6.61 Å². The van der Waals surface area contributed by atoms with Crippen molar-refractivity contribution in [1.82, 2.24) is 9.38 Å². The maximum Gasteiger partial charge on any atom is 0.359 e. The van der Waals surface area contributed by atoms with Gasteiger partial charge in [0.25, 0.3) is 0 Å². The lowest BCUT2D eigenvalue weighted by molar-refractivity contribution is 0.0522. The van der Waals surface area contributed by atoms with Crippen LogP contribution in [0.2, 0.25) is 0 Å². The van der Waals surface area contributed by atoms with Crippen molar-refractivity contribution in [1.29, 1.82) is 0 Å². The van der Waals surface area contributed by atoms with Gasteiger partial charge in [0.1, 0.15) is 5.82 Å². The number of carbonyl (C=O) groups is 1. The fourth-order valence-corrected chi connectivity index (χ4v) is 2.84. The molecular weight excluding hydrogens is 276 g/mol. The minimum atomic E-state index is -0.380. The zero-order valence-electron chi connectivity index (χ0n) is 12.8. The van der Waals surface area contributed by atoms with Crippen LogP contribution in [-0.2, 0) is 11.2 Å². The Morgan fingerprint density at radius 2 is 2.14 bits per heavy atom. The van der Waals surface area contributed by atoms with E-state index in [0.29, 0.717) is 12.3 Å². The first-order chi connectivity index (χ1) is 10.7. The second-order valence-electron chi connectivity index (χ2n) is 5.12. The molecule has 2 heterocycles. The van der Waals surface area contributed by atoms with Crippen LogP contribution in [0.4, 0.5) is 0 Å². The van der Waals surface area contributed by atoms with Crippen LogP contribution in [0.1, 0.15) is 28.8 Å². The van der Waals surface area contributed by atoms with Crippen molar-refractivity contribution in [3.8, 4) is 0 Å². The Kier molecular flexibility index (Phi) is 3.67. The average Bonchev–Trinajstić information content (AvgIpc) is 2.86. The third-order valence-electron chi connectivity index (χ3n) is 3.74. The molecule has 0 aliphatic carbocycles. The summed E-state index contributed by atoms with van der Waals surface area (Å²) in [5.74, 6) is 0.397. The van der Waals surface area contributed by atoms with Gasteiger partial charge in [-0.15, -0.1) is 6.58 Å². The van der Waals surface area contributed by atoms with E-state index in [9.17, 15) is 4.79 Å². The van der Waals surface area contributed by atoms with Gasteiger partial charge in [0.2, 0.25) is 0 Å². The molecule has 3 rings (SSSR count). The van der Waals surface area contributed by atoms with Gasteiger partial charge in [-0.1, -0.05) is 24.3 Å². The fourth-order valence-electron chi connectivity index (χ4n) is 2.84. The molecule has 0 amide bonds. The number of carbonyl (C=O) groups excluding carboxylic acids is 1. The Morgan fingerprint density at radius 3 is 2.86 bits per heavy atom. The Balaban J connectivity index is 2.31. The molecule has 0 N–H and O–H groups in total. The minimum absolute atomic E-state index is 0.341. The molecule has 0 unspecified atom stereocenters. The van der Waals surface area contributed by atoms with Crippen LogP contribution in [-0.4, -0.2) is 22.0 Å². The highest BCUT2D eigenvalue weighted by Gasteiger charge is 2.18. The van der Waals surface area contributed by atoms with Crippen molar-refractivity contribution >= 4 is 22.4 Å². The molecule has 3 aromatic rings. The molecule has 2 aromatic heterocycles. The number of rotatable bonds is 4.